The zero-order chi connectivity index (χ0) is 17.1. The highest BCUT2D eigenvalue weighted by Gasteiger charge is 2.39. The normalized spacial score (nSPS) is 22.1. The summed E-state index contributed by atoms with van der Waals surface area (Å²) in [6.07, 6.45) is -3.90. The third-order valence-electron chi connectivity index (χ3n) is 4.00. The predicted molar refractivity (Wildman–Crippen MR) is 79.8 cm³/mol. The topological polar surface area (TPSA) is 41.6 Å². The van der Waals surface area contributed by atoms with E-state index in [1.54, 1.807) is 12.1 Å². The van der Waals surface area contributed by atoms with Crippen LogP contribution in [-0.4, -0.2) is 36.8 Å². The Kier molecular flexibility index (Phi) is 5.19. The Morgan fingerprint density at radius 2 is 2.00 bits per heavy atom. The molecule has 0 aromatic heterocycles. The van der Waals surface area contributed by atoms with Crippen molar-refractivity contribution < 1.29 is 22.7 Å². The molecule has 1 saturated heterocycles. The van der Waals surface area contributed by atoms with E-state index in [1.165, 1.54) is 12.1 Å². The molecule has 4 nitrogen and oxygen atoms in total. The number of halogens is 3. The van der Waals surface area contributed by atoms with Crippen molar-refractivity contribution >= 4 is 5.91 Å². The Morgan fingerprint density at radius 3 is 2.57 bits per heavy atom. The average molecular weight is 330 g/mol. The third kappa shape index (κ3) is 4.86. The van der Waals surface area contributed by atoms with Crippen LogP contribution in [0.2, 0.25) is 0 Å². The van der Waals surface area contributed by atoms with Crippen LogP contribution in [0.15, 0.2) is 24.3 Å². The first-order chi connectivity index (χ1) is 10.7. The van der Waals surface area contributed by atoms with Crippen molar-refractivity contribution in [3.63, 3.8) is 0 Å². The summed E-state index contributed by atoms with van der Waals surface area (Å²) in [4.78, 5) is 14.2. The van der Waals surface area contributed by atoms with E-state index in [0.29, 0.717) is 19.6 Å². The van der Waals surface area contributed by atoms with Gasteiger partial charge < -0.3 is 10.1 Å². The second-order valence-corrected chi connectivity index (χ2v) is 6.07. The second-order valence-electron chi connectivity index (χ2n) is 6.07. The number of nitrogens with zero attached hydrogens (tertiary/aromatic N) is 1. The summed E-state index contributed by atoms with van der Waals surface area (Å²) >= 11 is 0. The van der Waals surface area contributed by atoms with Crippen molar-refractivity contribution in [2.45, 2.75) is 33.2 Å². The molecule has 23 heavy (non-hydrogen) atoms. The molecule has 1 amide bonds. The van der Waals surface area contributed by atoms with Gasteiger partial charge in [0.05, 0.1) is 5.41 Å². The Morgan fingerprint density at radius 1 is 1.35 bits per heavy atom. The van der Waals surface area contributed by atoms with Gasteiger partial charge in [-0.1, -0.05) is 12.1 Å². The monoisotopic (exact) mass is 330 g/mol. The minimum absolute atomic E-state index is 0.0522. The molecule has 1 unspecified atom stereocenters. The Hall–Kier alpha value is -1.76. The van der Waals surface area contributed by atoms with Crippen molar-refractivity contribution in [3.8, 4) is 5.75 Å². The van der Waals surface area contributed by atoms with E-state index >= 15 is 0 Å². The molecule has 1 aromatic rings. The Balaban J connectivity index is 1.92. The highest BCUT2D eigenvalue weighted by Crippen LogP contribution is 2.31. The average Bonchev–Trinajstić information content (AvgIpc) is 2.83. The molecule has 0 radical (unpaired) electrons. The van der Waals surface area contributed by atoms with E-state index in [4.69, 9.17) is 0 Å². The lowest BCUT2D eigenvalue weighted by Crippen LogP contribution is -2.40. The summed E-state index contributed by atoms with van der Waals surface area (Å²) in [5.41, 5.74) is 0.481. The van der Waals surface area contributed by atoms with Gasteiger partial charge in [-0.15, -0.1) is 13.2 Å². The summed E-state index contributed by atoms with van der Waals surface area (Å²) in [6, 6.07) is 5.84. The van der Waals surface area contributed by atoms with Gasteiger partial charge in [0.15, 0.2) is 0 Å². The molecule has 1 fully saturated rings. The number of carbonyl (C=O) groups excluding carboxylic acids is 1. The number of hydrogen-bond donors (Lipinski definition) is 1. The number of rotatable bonds is 5. The van der Waals surface area contributed by atoms with Crippen molar-refractivity contribution in [2.24, 2.45) is 5.41 Å². The molecule has 7 heteroatoms. The van der Waals surface area contributed by atoms with E-state index in [2.05, 4.69) is 15.0 Å². The van der Waals surface area contributed by atoms with Gasteiger partial charge in [-0.05, 0) is 44.5 Å². The largest absolute Gasteiger partial charge is 0.573 e. The maximum absolute atomic E-state index is 12.1. The number of carbonyl (C=O) groups is 1. The highest BCUT2D eigenvalue weighted by atomic mass is 19.4. The second kappa shape index (κ2) is 6.78. The fourth-order valence-electron chi connectivity index (χ4n) is 2.81. The van der Waals surface area contributed by atoms with Crippen LogP contribution in [0.5, 0.6) is 5.75 Å². The fraction of sp³-hybridized carbons (Fsp3) is 0.562. The smallest absolute Gasteiger partial charge is 0.406 e. The molecule has 1 atom stereocenters. The van der Waals surface area contributed by atoms with Crippen LogP contribution in [0.3, 0.4) is 0 Å². The predicted octanol–water partition coefficient (Wildman–Crippen LogP) is 2.93. The maximum atomic E-state index is 12.1. The van der Waals surface area contributed by atoms with Crippen molar-refractivity contribution in [2.75, 3.05) is 19.6 Å². The van der Waals surface area contributed by atoms with E-state index in [9.17, 15) is 18.0 Å². The lowest BCUT2D eigenvalue weighted by molar-refractivity contribution is -0.274. The summed E-state index contributed by atoms with van der Waals surface area (Å²) < 4.78 is 40.2. The van der Waals surface area contributed by atoms with Gasteiger partial charge in [0.1, 0.15) is 5.75 Å². The van der Waals surface area contributed by atoms with Gasteiger partial charge in [0.25, 0.3) is 0 Å². The Bertz CT molecular complexity index is 545. The van der Waals surface area contributed by atoms with Gasteiger partial charge in [-0.2, -0.15) is 0 Å². The summed E-state index contributed by atoms with van der Waals surface area (Å²) in [6.45, 7) is 6.46. The molecule has 0 bridgehead atoms. The molecule has 2 rings (SSSR count). The first-order valence-corrected chi connectivity index (χ1v) is 7.57. The lowest BCUT2D eigenvalue weighted by Gasteiger charge is -2.23. The Labute approximate surface area is 133 Å². The summed E-state index contributed by atoms with van der Waals surface area (Å²) in [5, 5.41) is 2.85. The first-order valence-electron chi connectivity index (χ1n) is 7.57. The van der Waals surface area contributed by atoms with Crippen LogP contribution in [0, 0.1) is 5.41 Å². The zero-order valence-corrected chi connectivity index (χ0v) is 13.2. The van der Waals surface area contributed by atoms with Crippen LogP contribution >= 0.6 is 0 Å². The summed E-state index contributed by atoms with van der Waals surface area (Å²) in [5.74, 6) is -0.175. The zero-order valence-electron chi connectivity index (χ0n) is 13.2. The van der Waals surface area contributed by atoms with Crippen LogP contribution in [0.4, 0.5) is 13.2 Å². The number of amides is 1. The van der Waals surface area contributed by atoms with Crippen molar-refractivity contribution in [3.05, 3.63) is 29.8 Å². The molecule has 0 spiro atoms. The van der Waals surface area contributed by atoms with Crippen LogP contribution in [0.1, 0.15) is 25.8 Å². The first kappa shape index (κ1) is 17.6. The minimum Gasteiger partial charge on any atom is -0.406 e. The standard InChI is InChI=1S/C16H21F3N2O2/c1-3-20-14(22)15(2)8-9-21(11-15)10-12-4-6-13(7-5-12)23-16(17,18)19/h4-7H,3,8-11H2,1-2H3,(H,20,22). The maximum Gasteiger partial charge on any atom is 0.573 e. The van der Waals surface area contributed by atoms with Crippen LogP contribution in [-0.2, 0) is 11.3 Å². The number of likely N-dealkylation sites (tertiary alicyclic amines) is 1. The van der Waals surface area contributed by atoms with Gasteiger partial charge in [-0.3, -0.25) is 9.69 Å². The molecule has 1 aromatic carbocycles. The molecule has 1 heterocycles. The molecule has 1 N–H and O–H groups in total. The molecule has 128 valence electrons. The third-order valence-corrected chi connectivity index (χ3v) is 4.00. The molecule has 1 aliphatic rings. The van der Waals surface area contributed by atoms with E-state index in [0.717, 1.165) is 18.5 Å². The summed E-state index contributed by atoms with van der Waals surface area (Å²) in [7, 11) is 0. The molecule has 0 aliphatic carbocycles. The van der Waals surface area contributed by atoms with E-state index in [1.807, 2.05) is 13.8 Å². The van der Waals surface area contributed by atoms with E-state index < -0.39 is 11.8 Å². The fourth-order valence-corrected chi connectivity index (χ4v) is 2.81. The van der Waals surface area contributed by atoms with Crippen LogP contribution < -0.4 is 10.1 Å². The number of nitrogens with one attached hydrogen (secondary N) is 1. The minimum atomic E-state index is -4.68. The SMILES string of the molecule is CCNC(=O)C1(C)CCN(Cc2ccc(OC(F)(F)F)cc2)C1. The van der Waals surface area contributed by atoms with Gasteiger partial charge in [0.2, 0.25) is 5.91 Å². The van der Waals surface area contributed by atoms with Crippen LogP contribution in [0.25, 0.3) is 0 Å². The molecule has 1 aliphatic heterocycles. The quantitative estimate of drug-likeness (QED) is 0.902. The van der Waals surface area contributed by atoms with Crippen molar-refractivity contribution in [1.29, 1.82) is 0 Å². The number of hydrogen-bond acceptors (Lipinski definition) is 3. The van der Waals surface area contributed by atoms with E-state index in [-0.39, 0.29) is 11.7 Å². The highest BCUT2D eigenvalue weighted by molar-refractivity contribution is 5.82. The van der Waals surface area contributed by atoms with Gasteiger partial charge in [0, 0.05) is 19.6 Å². The number of ether oxygens (including phenoxy) is 1. The van der Waals surface area contributed by atoms with Crippen molar-refractivity contribution in [1.82, 2.24) is 10.2 Å². The number of alkyl halides is 3. The number of benzene rings is 1. The molecule has 0 saturated carbocycles. The molecular weight excluding hydrogens is 309 g/mol. The van der Waals surface area contributed by atoms with Gasteiger partial charge in [-0.25, -0.2) is 0 Å². The molecular formula is C16H21F3N2O2. The van der Waals surface area contributed by atoms with Gasteiger partial charge >= 0.3 is 6.36 Å². The lowest BCUT2D eigenvalue weighted by atomic mass is 9.89.